The second kappa shape index (κ2) is 10.4. The maximum atomic E-state index is 13.1. The van der Waals surface area contributed by atoms with Crippen molar-refractivity contribution in [2.24, 2.45) is 4.99 Å². The van der Waals surface area contributed by atoms with Gasteiger partial charge in [-0.1, -0.05) is 24.3 Å². The molecule has 2 rings (SSSR count). The molecule has 0 aliphatic rings. The smallest absolute Gasteiger partial charge is 0.191 e. The topological polar surface area (TPSA) is 54.9 Å². The van der Waals surface area contributed by atoms with Crippen molar-refractivity contribution in [2.75, 3.05) is 34.4 Å². The molecule has 6 heteroatoms. The highest BCUT2D eigenvalue weighted by atomic mass is 19.1. The highest BCUT2D eigenvalue weighted by molar-refractivity contribution is 5.79. The summed E-state index contributed by atoms with van der Waals surface area (Å²) in [6.07, 6.45) is 0.687. The van der Waals surface area contributed by atoms with Gasteiger partial charge in [0, 0.05) is 27.2 Å². The van der Waals surface area contributed by atoms with Crippen molar-refractivity contribution in [3.05, 3.63) is 65.5 Å². The van der Waals surface area contributed by atoms with Gasteiger partial charge in [-0.2, -0.15) is 0 Å². The van der Waals surface area contributed by atoms with E-state index in [2.05, 4.69) is 15.6 Å². The van der Waals surface area contributed by atoms with Crippen LogP contribution in [-0.4, -0.2) is 40.3 Å². The highest BCUT2D eigenvalue weighted by Crippen LogP contribution is 2.16. The lowest BCUT2D eigenvalue weighted by Crippen LogP contribution is -2.40. The van der Waals surface area contributed by atoms with Crippen LogP contribution in [0.5, 0.6) is 5.75 Å². The van der Waals surface area contributed by atoms with Crippen molar-refractivity contribution in [3.63, 3.8) is 0 Å². The lowest BCUT2D eigenvalue weighted by molar-refractivity contribution is 0.106. The first-order valence-corrected chi connectivity index (χ1v) is 8.52. The number of hydrogen-bond donors (Lipinski definition) is 2. The minimum absolute atomic E-state index is 0.185. The summed E-state index contributed by atoms with van der Waals surface area (Å²) in [6, 6.07) is 14.3. The zero-order valence-corrected chi connectivity index (χ0v) is 15.5. The van der Waals surface area contributed by atoms with Gasteiger partial charge in [-0.15, -0.1) is 0 Å². The average Bonchev–Trinajstić information content (AvgIpc) is 2.68. The van der Waals surface area contributed by atoms with E-state index < -0.39 is 0 Å². The van der Waals surface area contributed by atoms with Crippen molar-refractivity contribution >= 4 is 5.96 Å². The van der Waals surface area contributed by atoms with Gasteiger partial charge in [0.15, 0.2) is 5.96 Å². The van der Waals surface area contributed by atoms with Gasteiger partial charge in [-0.3, -0.25) is 4.99 Å². The number of aliphatic imine (C=N–C) groups is 1. The van der Waals surface area contributed by atoms with E-state index in [0.717, 1.165) is 24.3 Å². The summed E-state index contributed by atoms with van der Waals surface area (Å²) >= 11 is 0. The average molecular weight is 359 g/mol. The van der Waals surface area contributed by atoms with Crippen LogP contribution in [0.3, 0.4) is 0 Å². The van der Waals surface area contributed by atoms with Crippen molar-refractivity contribution in [2.45, 2.75) is 12.5 Å². The monoisotopic (exact) mass is 359 g/mol. The van der Waals surface area contributed by atoms with E-state index in [0.29, 0.717) is 12.5 Å². The number of methoxy groups -OCH3 is 2. The van der Waals surface area contributed by atoms with Gasteiger partial charge < -0.3 is 20.1 Å². The summed E-state index contributed by atoms with van der Waals surface area (Å²) in [6.45, 7) is 1.28. The summed E-state index contributed by atoms with van der Waals surface area (Å²) < 4.78 is 23.7. The Morgan fingerprint density at radius 2 is 1.73 bits per heavy atom. The summed E-state index contributed by atoms with van der Waals surface area (Å²) in [4.78, 5) is 4.22. The first-order chi connectivity index (χ1) is 12.7. The number of ether oxygens (including phenoxy) is 2. The molecule has 0 aliphatic heterocycles. The highest BCUT2D eigenvalue weighted by Gasteiger charge is 2.11. The molecule has 0 fully saturated rings. The summed E-state index contributed by atoms with van der Waals surface area (Å²) in [5.41, 5.74) is 2.13. The molecule has 2 aromatic rings. The molecule has 5 nitrogen and oxygen atoms in total. The third-order valence-corrected chi connectivity index (χ3v) is 4.07. The van der Waals surface area contributed by atoms with E-state index in [9.17, 15) is 4.39 Å². The van der Waals surface area contributed by atoms with Crippen molar-refractivity contribution in [1.82, 2.24) is 10.6 Å². The van der Waals surface area contributed by atoms with Crippen LogP contribution in [0.25, 0.3) is 0 Å². The van der Waals surface area contributed by atoms with Gasteiger partial charge in [-0.05, 0) is 41.8 Å². The Balaban J connectivity index is 1.79. The number of rotatable bonds is 8. The van der Waals surface area contributed by atoms with Crippen molar-refractivity contribution in [3.8, 4) is 5.75 Å². The van der Waals surface area contributed by atoms with Gasteiger partial charge in [0.05, 0.1) is 13.2 Å². The maximum absolute atomic E-state index is 13.1. The number of nitrogens with zero attached hydrogens (tertiary/aromatic N) is 1. The quantitative estimate of drug-likeness (QED) is 0.562. The summed E-state index contributed by atoms with van der Waals surface area (Å²) in [7, 11) is 5.02. The number of guanidine groups is 1. The Labute approximate surface area is 154 Å². The Kier molecular flexibility index (Phi) is 7.89. The van der Waals surface area contributed by atoms with Crippen LogP contribution in [-0.2, 0) is 11.2 Å². The third kappa shape index (κ3) is 6.04. The first-order valence-electron chi connectivity index (χ1n) is 8.52. The van der Waals surface area contributed by atoms with Gasteiger partial charge in [0.25, 0.3) is 0 Å². The molecule has 0 bridgehead atoms. The van der Waals surface area contributed by atoms with Crippen LogP contribution in [0.15, 0.2) is 53.5 Å². The van der Waals surface area contributed by atoms with Gasteiger partial charge >= 0.3 is 0 Å². The second-order valence-electron chi connectivity index (χ2n) is 5.75. The zero-order chi connectivity index (χ0) is 18.8. The van der Waals surface area contributed by atoms with Crippen LogP contribution < -0.4 is 15.4 Å². The lowest BCUT2D eigenvalue weighted by atomic mass is 10.1. The van der Waals surface area contributed by atoms with Crippen LogP contribution in [0.4, 0.5) is 4.39 Å². The molecular formula is C20H26FN3O2. The fourth-order valence-corrected chi connectivity index (χ4v) is 2.54. The maximum Gasteiger partial charge on any atom is 0.191 e. The van der Waals surface area contributed by atoms with E-state index in [-0.39, 0.29) is 11.9 Å². The number of hydrogen-bond acceptors (Lipinski definition) is 3. The molecule has 140 valence electrons. The third-order valence-electron chi connectivity index (χ3n) is 4.07. The Bertz CT molecular complexity index is 687. The predicted octanol–water partition coefficient (Wildman–Crippen LogP) is 2.93. The first kappa shape index (κ1) is 19.7. The van der Waals surface area contributed by atoms with Gasteiger partial charge in [0.1, 0.15) is 11.6 Å². The van der Waals surface area contributed by atoms with Crippen LogP contribution >= 0.6 is 0 Å². The molecule has 0 radical (unpaired) electrons. The van der Waals surface area contributed by atoms with E-state index in [1.54, 1.807) is 33.4 Å². The Morgan fingerprint density at radius 3 is 2.31 bits per heavy atom. The molecule has 0 saturated carbocycles. The Morgan fingerprint density at radius 1 is 1.04 bits per heavy atom. The molecule has 0 aliphatic carbocycles. The van der Waals surface area contributed by atoms with E-state index in [4.69, 9.17) is 9.47 Å². The normalized spacial score (nSPS) is 12.5. The van der Waals surface area contributed by atoms with E-state index in [1.165, 1.54) is 17.7 Å². The van der Waals surface area contributed by atoms with Crippen LogP contribution in [0.1, 0.15) is 17.2 Å². The minimum Gasteiger partial charge on any atom is -0.497 e. The molecule has 2 N–H and O–H groups in total. The number of benzene rings is 2. The van der Waals surface area contributed by atoms with Gasteiger partial charge in [-0.25, -0.2) is 4.39 Å². The molecule has 26 heavy (non-hydrogen) atoms. The second-order valence-corrected chi connectivity index (χ2v) is 5.75. The zero-order valence-electron chi connectivity index (χ0n) is 15.5. The summed E-state index contributed by atoms with van der Waals surface area (Å²) in [5, 5.41) is 6.52. The SMILES string of the molecule is CN=C(NCCc1ccc(OC)cc1)NCC(OC)c1ccc(F)cc1. The van der Waals surface area contributed by atoms with Gasteiger partial charge in [0.2, 0.25) is 0 Å². The fraction of sp³-hybridized carbons (Fsp3) is 0.350. The molecule has 0 aromatic heterocycles. The number of halogens is 1. The largest absolute Gasteiger partial charge is 0.497 e. The molecule has 0 heterocycles. The van der Waals surface area contributed by atoms with E-state index in [1.807, 2.05) is 24.3 Å². The fourth-order valence-electron chi connectivity index (χ4n) is 2.54. The molecule has 1 unspecified atom stereocenters. The minimum atomic E-state index is -0.257. The lowest BCUT2D eigenvalue weighted by Gasteiger charge is -2.19. The summed E-state index contributed by atoms with van der Waals surface area (Å²) in [5.74, 6) is 1.29. The number of nitrogens with one attached hydrogen (secondary N) is 2. The van der Waals surface area contributed by atoms with E-state index >= 15 is 0 Å². The molecule has 1 atom stereocenters. The molecule has 0 spiro atoms. The predicted molar refractivity (Wildman–Crippen MR) is 102 cm³/mol. The standard InChI is InChI=1S/C20H26FN3O2/c1-22-20(23-13-12-15-4-10-18(25-2)11-5-15)24-14-19(26-3)16-6-8-17(21)9-7-16/h4-11,19H,12-14H2,1-3H3,(H2,22,23,24). The molecular weight excluding hydrogens is 333 g/mol. The van der Waals surface area contributed by atoms with Crippen LogP contribution in [0.2, 0.25) is 0 Å². The van der Waals surface area contributed by atoms with Crippen molar-refractivity contribution < 1.29 is 13.9 Å². The molecule has 0 saturated heterocycles. The molecule has 0 amide bonds. The molecule has 2 aromatic carbocycles. The van der Waals surface area contributed by atoms with Crippen LogP contribution in [0, 0.1) is 5.82 Å². The van der Waals surface area contributed by atoms with Crippen molar-refractivity contribution in [1.29, 1.82) is 0 Å². The Hall–Kier alpha value is -2.60.